The average Bonchev–Trinajstić information content (AvgIpc) is 3.26. The number of carbonyl (C=O) groups excluding carboxylic acids is 2. The van der Waals surface area contributed by atoms with Crippen LogP contribution in [0.1, 0.15) is 64.2 Å². The molecule has 1 unspecified atom stereocenters. The van der Waals surface area contributed by atoms with Gasteiger partial charge in [-0.2, -0.15) is 0 Å². The van der Waals surface area contributed by atoms with E-state index in [0.717, 1.165) is 45.2 Å². The summed E-state index contributed by atoms with van der Waals surface area (Å²) < 4.78 is 0. The number of halogens is 1. The third kappa shape index (κ3) is 5.58. The lowest BCUT2D eigenvalue weighted by Crippen LogP contribution is -2.42. The molecular weight excluding hydrogens is 338 g/mol. The predicted octanol–water partition coefficient (Wildman–Crippen LogP) is 2.47. The van der Waals surface area contributed by atoms with Crippen LogP contribution >= 0.6 is 12.4 Å². The molecule has 0 bridgehead atoms. The normalized spacial score (nSPS) is 30.1. The quantitative estimate of drug-likeness (QED) is 0.779. The van der Waals surface area contributed by atoms with Gasteiger partial charge in [-0.3, -0.25) is 9.59 Å². The lowest BCUT2D eigenvalue weighted by Gasteiger charge is -2.31. The van der Waals surface area contributed by atoms with Crippen LogP contribution in [0.5, 0.6) is 0 Å². The number of nitrogens with two attached hydrogens (primary N) is 1. The Balaban J connectivity index is 0.00000225. The molecule has 1 aliphatic heterocycles. The summed E-state index contributed by atoms with van der Waals surface area (Å²) in [6, 6.07) is 0.276. The van der Waals surface area contributed by atoms with E-state index in [1.807, 2.05) is 4.90 Å². The summed E-state index contributed by atoms with van der Waals surface area (Å²) in [4.78, 5) is 26.8. The highest BCUT2D eigenvalue weighted by Crippen LogP contribution is 2.30. The van der Waals surface area contributed by atoms with Gasteiger partial charge in [0.2, 0.25) is 11.8 Å². The highest BCUT2D eigenvalue weighted by molar-refractivity contribution is 5.85. The molecule has 1 atom stereocenters. The maximum absolute atomic E-state index is 12.6. The van der Waals surface area contributed by atoms with Crippen LogP contribution < -0.4 is 11.1 Å². The number of nitrogens with one attached hydrogen (secondary N) is 1. The lowest BCUT2D eigenvalue weighted by molar-refractivity contribution is -0.135. The van der Waals surface area contributed by atoms with Crippen LogP contribution in [0.3, 0.4) is 0 Å². The van der Waals surface area contributed by atoms with E-state index in [9.17, 15) is 9.59 Å². The fraction of sp³-hybridized carbons (Fsp3) is 0.895. The Kier molecular flexibility index (Phi) is 8.01. The van der Waals surface area contributed by atoms with Crippen molar-refractivity contribution in [2.75, 3.05) is 19.6 Å². The second-order valence-corrected chi connectivity index (χ2v) is 8.15. The number of nitrogens with zero attached hydrogens (tertiary/aromatic N) is 1. The number of likely N-dealkylation sites (tertiary alicyclic amines) is 1. The van der Waals surface area contributed by atoms with E-state index in [-0.39, 0.29) is 30.3 Å². The van der Waals surface area contributed by atoms with Crippen LogP contribution in [0.25, 0.3) is 0 Å². The molecule has 0 aromatic rings. The third-order valence-electron chi connectivity index (χ3n) is 6.32. The van der Waals surface area contributed by atoms with Gasteiger partial charge >= 0.3 is 0 Å². The molecule has 3 N–H and O–H groups in total. The van der Waals surface area contributed by atoms with E-state index < -0.39 is 0 Å². The minimum atomic E-state index is 0. The molecule has 0 spiro atoms. The first-order valence-electron chi connectivity index (χ1n) is 9.94. The van der Waals surface area contributed by atoms with E-state index in [2.05, 4.69) is 5.32 Å². The molecule has 1 heterocycles. The van der Waals surface area contributed by atoms with Gasteiger partial charge in [0, 0.05) is 31.5 Å². The zero-order valence-corrected chi connectivity index (χ0v) is 16.1. The standard InChI is InChI=1S/C19H33N3O2.ClH/c20-12-15-9-10-22(13-15)19(24)16-5-7-17(8-6-16)21-18(23)11-14-3-1-2-4-14;/h14-17H,1-13,20H2,(H,21,23);1H. The largest absolute Gasteiger partial charge is 0.353 e. The van der Waals surface area contributed by atoms with Crippen molar-refractivity contribution in [2.45, 2.75) is 70.3 Å². The Morgan fingerprint density at radius 2 is 1.64 bits per heavy atom. The fourth-order valence-corrected chi connectivity index (χ4v) is 4.73. The van der Waals surface area contributed by atoms with Gasteiger partial charge in [0.1, 0.15) is 0 Å². The highest BCUT2D eigenvalue weighted by atomic mass is 35.5. The molecule has 0 aromatic carbocycles. The first-order chi connectivity index (χ1) is 11.7. The van der Waals surface area contributed by atoms with Crippen LogP contribution in [-0.4, -0.2) is 42.4 Å². The monoisotopic (exact) mass is 371 g/mol. The molecule has 0 radical (unpaired) electrons. The Labute approximate surface area is 157 Å². The summed E-state index contributed by atoms with van der Waals surface area (Å²) in [6.07, 6.45) is 10.5. The second-order valence-electron chi connectivity index (χ2n) is 8.15. The topological polar surface area (TPSA) is 75.4 Å². The fourth-order valence-electron chi connectivity index (χ4n) is 4.73. The molecule has 144 valence electrons. The molecule has 2 saturated carbocycles. The summed E-state index contributed by atoms with van der Waals surface area (Å²) in [5.41, 5.74) is 5.72. The molecular formula is C19H34ClN3O2. The van der Waals surface area contributed by atoms with Crippen molar-refractivity contribution in [2.24, 2.45) is 23.5 Å². The van der Waals surface area contributed by atoms with Gasteiger partial charge in [0.15, 0.2) is 0 Å². The van der Waals surface area contributed by atoms with Crippen molar-refractivity contribution >= 4 is 24.2 Å². The molecule has 0 aromatic heterocycles. The number of rotatable bonds is 5. The lowest BCUT2D eigenvalue weighted by atomic mass is 9.85. The van der Waals surface area contributed by atoms with E-state index in [4.69, 9.17) is 5.73 Å². The number of hydrogen-bond acceptors (Lipinski definition) is 3. The summed E-state index contributed by atoms with van der Waals surface area (Å²) >= 11 is 0. The zero-order valence-electron chi connectivity index (χ0n) is 15.3. The zero-order chi connectivity index (χ0) is 16.9. The van der Waals surface area contributed by atoms with Crippen molar-refractivity contribution in [3.63, 3.8) is 0 Å². The van der Waals surface area contributed by atoms with Gasteiger partial charge in [0.25, 0.3) is 0 Å². The molecule has 2 amide bonds. The molecule has 5 nitrogen and oxygen atoms in total. The second kappa shape index (κ2) is 9.77. The third-order valence-corrected chi connectivity index (χ3v) is 6.32. The maximum atomic E-state index is 12.6. The first-order valence-corrected chi connectivity index (χ1v) is 9.94. The van der Waals surface area contributed by atoms with Gasteiger partial charge in [-0.25, -0.2) is 0 Å². The Hall–Kier alpha value is -0.810. The highest BCUT2D eigenvalue weighted by Gasteiger charge is 2.33. The summed E-state index contributed by atoms with van der Waals surface area (Å²) in [5, 5.41) is 3.21. The van der Waals surface area contributed by atoms with Crippen molar-refractivity contribution in [1.82, 2.24) is 10.2 Å². The number of hydrogen-bond donors (Lipinski definition) is 2. The summed E-state index contributed by atoms with van der Waals surface area (Å²) in [7, 11) is 0. The van der Waals surface area contributed by atoms with Crippen LogP contribution in [0, 0.1) is 17.8 Å². The minimum Gasteiger partial charge on any atom is -0.353 e. The van der Waals surface area contributed by atoms with Gasteiger partial charge in [-0.1, -0.05) is 12.8 Å². The first kappa shape index (κ1) is 20.5. The Morgan fingerprint density at radius 1 is 0.960 bits per heavy atom. The SMILES string of the molecule is Cl.NCC1CCN(C(=O)C2CCC(NC(=O)CC3CCCC3)CC2)C1. The van der Waals surface area contributed by atoms with Crippen molar-refractivity contribution < 1.29 is 9.59 Å². The molecule has 6 heteroatoms. The van der Waals surface area contributed by atoms with Crippen molar-refractivity contribution in [3.05, 3.63) is 0 Å². The van der Waals surface area contributed by atoms with Crippen LogP contribution in [-0.2, 0) is 9.59 Å². The van der Waals surface area contributed by atoms with Crippen molar-refractivity contribution in [3.8, 4) is 0 Å². The Morgan fingerprint density at radius 3 is 2.24 bits per heavy atom. The van der Waals surface area contributed by atoms with Crippen molar-refractivity contribution in [1.29, 1.82) is 0 Å². The number of carbonyl (C=O) groups is 2. The molecule has 2 aliphatic carbocycles. The van der Waals surface area contributed by atoms with Gasteiger partial charge in [-0.15, -0.1) is 12.4 Å². The Bertz CT molecular complexity index is 446. The molecule has 3 rings (SSSR count). The minimum absolute atomic E-state index is 0. The van der Waals surface area contributed by atoms with Crippen LogP contribution in [0.2, 0.25) is 0 Å². The molecule has 3 aliphatic rings. The maximum Gasteiger partial charge on any atom is 0.225 e. The van der Waals surface area contributed by atoms with Gasteiger partial charge in [-0.05, 0) is 63.3 Å². The van der Waals surface area contributed by atoms with Crippen LogP contribution in [0.4, 0.5) is 0 Å². The van der Waals surface area contributed by atoms with Gasteiger partial charge in [0.05, 0.1) is 0 Å². The van der Waals surface area contributed by atoms with E-state index in [0.29, 0.717) is 30.7 Å². The van der Waals surface area contributed by atoms with E-state index >= 15 is 0 Å². The molecule has 1 saturated heterocycles. The van der Waals surface area contributed by atoms with Crippen LogP contribution in [0.15, 0.2) is 0 Å². The van der Waals surface area contributed by atoms with E-state index in [1.165, 1.54) is 25.7 Å². The molecule has 25 heavy (non-hydrogen) atoms. The molecule has 3 fully saturated rings. The average molecular weight is 372 g/mol. The van der Waals surface area contributed by atoms with E-state index in [1.54, 1.807) is 0 Å². The summed E-state index contributed by atoms with van der Waals surface area (Å²) in [5.74, 6) is 1.79. The smallest absolute Gasteiger partial charge is 0.225 e. The summed E-state index contributed by atoms with van der Waals surface area (Å²) in [6.45, 7) is 2.40. The van der Waals surface area contributed by atoms with Gasteiger partial charge < -0.3 is 16.0 Å². The number of amides is 2. The predicted molar refractivity (Wildman–Crippen MR) is 101 cm³/mol.